The van der Waals surface area contributed by atoms with Gasteiger partial charge in [-0.2, -0.15) is 0 Å². The predicted molar refractivity (Wildman–Crippen MR) is 120 cm³/mol. The average Bonchev–Trinajstić information content (AvgIpc) is 2.77. The van der Waals surface area contributed by atoms with E-state index in [4.69, 9.17) is 0 Å². The van der Waals surface area contributed by atoms with Crippen LogP contribution in [0.25, 0.3) is 0 Å². The first-order valence-corrected chi connectivity index (χ1v) is 12.3. The Hall–Kier alpha value is -3.04. The highest BCUT2D eigenvalue weighted by Crippen LogP contribution is 2.36. The highest BCUT2D eigenvalue weighted by Gasteiger charge is 2.35. The van der Waals surface area contributed by atoms with Crippen LogP contribution in [-0.2, 0) is 23.1 Å². The summed E-state index contributed by atoms with van der Waals surface area (Å²) in [6, 6.07) is 14.4. The molecule has 1 N–H and O–H groups in total. The van der Waals surface area contributed by atoms with Crippen LogP contribution < -0.4 is 10.3 Å². The summed E-state index contributed by atoms with van der Waals surface area (Å²) in [5.74, 6) is -0.520. The van der Waals surface area contributed by atoms with E-state index in [9.17, 15) is 22.0 Å². The van der Waals surface area contributed by atoms with Gasteiger partial charge in [-0.1, -0.05) is 18.2 Å². The van der Waals surface area contributed by atoms with Gasteiger partial charge in [-0.25, -0.2) is 17.2 Å². The fraction of sp³-hybridized carbons (Fsp3) is 0.292. The number of rotatable bonds is 5. The molecule has 0 saturated carbocycles. The Labute approximate surface area is 190 Å². The van der Waals surface area contributed by atoms with Crippen LogP contribution in [-0.4, -0.2) is 31.0 Å². The quantitative estimate of drug-likeness (QED) is 0.618. The van der Waals surface area contributed by atoms with E-state index < -0.39 is 21.4 Å². The molecule has 6 nitrogen and oxygen atoms in total. The van der Waals surface area contributed by atoms with Gasteiger partial charge in [-0.05, 0) is 60.4 Å². The predicted octanol–water partition coefficient (Wildman–Crippen LogP) is 3.55. The zero-order chi connectivity index (χ0) is 23.2. The van der Waals surface area contributed by atoms with Gasteiger partial charge in [0.25, 0.3) is 15.6 Å². The van der Waals surface area contributed by atoms with Gasteiger partial charge in [-0.15, -0.1) is 0 Å². The van der Waals surface area contributed by atoms with E-state index >= 15 is 0 Å². The van der Waals surface area contributed by atoms with Crippen molar-refractivity contribution in [1.82, 2.24) is 9.47 Å². The van der Waals surface area contributed by atoms with E-state index in [1.54, 1.807) is 22.8 Å². The van der Waals surface area contributed by atoms with Gasteiger partial charge in [-0.3, -0.25) is 14.4 Å². The van der Waals surface area contributed by atoms with Crippen molar-refractivity contribution in [1.29, 1.82) is 0 Å². The van der Waals surface area contributed by atoms with Crippen molar-refractivity contribution >= 4 is 15.7 Å². The van der Waals surface area contributed by atoms with Gasteiger partial charge < -0.3 is 4.57 Å². The van der Waals surface area contributed by atoms with E-state index in [-0.39, 0.29) is 28.2 Å². The summed E-state index contributed by atoms with van der Waals surface area (Å²) in [4.78, 5) is 15.2. The zero-order valence-corrected chi connectivity index (χ0v) is 18.6. The molecule has 33 heavy (non-hydrogen) atoms. The molecule has 1 saturated heterocycles. The van der Waals surface area contributed by atoms with E-state index in [0.29, 0.717) is 13.1 Å². The Kier molecular flexibility index (Phi) is 5.54. The Morgan fingerprint density at radius 2 is 1.73 bits per heavy atom. The molecule has 0 radical (unpaired) electrons. The highest BCUT2D eigenvalue weighted by molar-refractivity contribution is 7.92. The molecule has 0 spiro atoms. The number of anilines is 1. The Bertz CT molecular complexity index is 1360. The number of aromatic nitrogens is 1. The number of sulfonamides is 1. The second kappa shape index (κ2) is 8.39. The number of nitrogens with zero attached hydrogens (tertiary/aromatic N) is 2. The number of hydrogen-bond donors (Lipinski definition) is 1. The fourth-order valence-corrected chi connectivity index (χ4v) is 6.03. The Morgan fingerprint density at radius 1 is 0.939 bits per heavy atom. The molecule has 2 aliphatic rings. The van der Waals surface area contributed by atoms with Crippen molar-refractivity contribution in [3.05, 3.63) is 93.9 Å². The van der Waals surface area contributed by atoms with Crippen molar-refractivity contribution in [2.24, 2.45) is 5.92 Å². The minimum Gasteiger partial charge on any atom is -0.310 e. The molecule has 1 fully saturated rings. The van der Waals surface area contributed by atoms with Crippen LogP contribution in [0.15, 0.2) is 70.4 Å². The van der Waals surface area contributed by atoms with Crippen LogP contribution in [0.2, 0.25) is 0 Å². The topological polar surface area (TPSA) is 71.4 Å². The van der Waals surface area contributed by atoms with Crippen molar-refractivity contribution in [2.45, 2.75) is 30.3 Å². The summed E-state index contributed by atoms with van der Waals surface area (Å²) in [6.45, 7) is 2.78. The normalized spacial score (nSPS) is 20.3. The highest BCUT2D eigenvalue weighted by atomic mass is 32.2. The van der Waals surface area contributed by atoms with Gasteiger partial charge in [0.15, 0.2) is 0 Å². The van der Waals surface area contributed by atoms with Gasteiger partial charge in [0.1, 0.15) is 17.3 Å². The first-order valence-electron chi connectivity index (χ1n) is 10.8. The first kappa shape index (κ1) is 21.8. The fourth-order valence-electron chi connectivity index (χ4n) is 4.94. The van der Waals surface area contributed by atoms with Gasteiger partial charge in [0.05, 0.1) is 4.90 Å². The summed E-state index contributed by atoms with van der Waals surface area (Å²) < 4.78 is 56.0. The molecule has 9 heteroatoms. The van der Waals surface area contributed by atoms with Crippen molar-refractivity contribution < 1.29 is 17.2 Å². The second-order valence-corrected chi connectivity index (χ2v) is 10.5. The average molecular weight is 472 g/mol. The van der Waals surface area contributed by atoms with Crippen molar-refractivity contribution in [3.8, 4) is 0 Å². The molecule has 3 aromatic rings. The van der Waals surface area contributed by atoms with Crippen LogP contribution in [0.1, 0.15) is 23.6 Å². The standard InChI is InChI=1S/C24H23F2N3O3S/c25-19-6-4-16(5-7-19)12-28-13-17-10-18(15-28)23-9-8-22(24(30)29(23)14-17)27-33(31,32)21-3-1-2-20(26)11-21/h1-9,11,17-18,27H,10,12-15H2. The molecule has 2 atom stereocenters. The molecule has 2 aromatic carbocycles. The van der Waals surface area contributed by atoms with Crippen molar-refractivity contribution in [3.63, 3.8) is 0 Å². The Morgan fingerprint density at radius 3 is 2.48 bits per heavy atom. The number of hydrogen-bond acceptors (Lipinski definition) is 4. The van der Waals surface area contributed by atoms with Crippen LogP contribution in [0, 0.1) is 17.6 Å². The maximum Gasteiger partial charge on any atom is 0.275 e. The molecule has 0 aliphatic carbocycles. The molecule has 2 aliphatic heterocycles. The molecule has 0 amide bonds. The number of halogens is 2. The molecule has 2 unspecified atom stereocenters. The number of benzene rings is 2. The van der Waals surface area contributed by atoms with E-state index in [1.807, 2.05) is 0 Å². The van der Waals surface area contributed by atoms with E-state index in [2.05, 4.69) is 9.62 Å². The number of pyridine rings is 1. The third-order valence-electron chi connectivity index (χ3n) is 6.35. The minimum atomic E-state index is -4.09. The molecular formula is C24H23F2N3O3S. The number of likely N-dealkylation sites (tertiary alicyclic amines) is 1. The molecule has 2 bridgehead atoms. The largest absolute Gasteiger partial charge is 0.310 e. The number of piperidine rings is 1. The number of fused-ring (bicyclic) bond motifs is 4. The Balaban J connectivity index is 1.38. The molecule has 5 rings (SSSR count). The van der Waals surface area contributed by atoms with Crippen molar-refractivity contribution in [2.75, 3.05) is 17.8 Å². The van der Waals surface area contributed by atoms with Crippen LogP contribution in [0.3, 0.4) is 0 Å². The third kappa shape index (κ3) is 4.43. The monoisotopic (exact) mass is 471 g/mol. The van der Waals surface area contributed by atoms with Crippen LogP contribution >= 0.6 is 0 Å². The molecule has 172 valence electrons. The van der Waals surface area contributed by atoms with E-state index in [1.165, 1.54) is 30.3 Å². The molecule has 1 aromatic heterocycles. The zero-order valence-electron chi connectivity index (χ0n) is 17.7. The minimum absolute atomic E-state index is 0.0499. The summed E-state index contributed by atoms with van der Waals surface area (Å²) >= 11 is 0. The maximum atomic E-state index is 13.5. The summed E-state index contributed by atoms with van der Waals surface area (Å²) in [6.07, 6.45) is 0.966. The van der Waals surface area contributed by atoms with Crippen LogP contribution in [0.4, 0.5) is 14.5 Å². The SMILES string of the molecule is O=c1c(NS(=O)(=O)c2cccc(F)c2)ccc2n1CC1CC2CN(Cc2ccc(F)cc2)C1. The first-order chi connectivity index (χ1) is 15.8. The van der Waals surface area contributed by atoms with Gasteiger partial charge in [0.2, 0.25) is 0 Å². The van der Waals surface area contributed by atoms with Crippen LogP contribution in [0.5, 0.6) is 0 Å². The summed E-state index contributed by atoms with van der Waals surface area (Å²) in [5, 5.41) is 0. The second-order valence-electron chi connectivity index (χ2n) is 8.77. The van der Waals surface area contributed by atoms with Gasteiger partial charge in [0, 0.05) is 37.8 Å². The lowest BCUT2D eigenvalue weighted by Gasteiger charge is -2.43. The maximum absolute atomic E-state index is 13.5. The number of nitrogens with one attached hydrogen (secondary N) is 1. The van der Waals surface area contributed by atoms with Gasteiger partial charge >= 0.3 is 0 Å². The lowest BCUT2D eigenvalue weighted by Crippen LogP contribution is -2.47. The lowest BCUT2D eigenvalue weighted by atomic mass is 9.83. The molecule has 3 heterocycles. The van der Waals surface area contributed by atoms with E-state index in [0.717, 1.165) is 42.9 Å². The summed E-state index contributed by atoms with van der Waals surface area (Å²) in [7, 11) is -4.09. The molecular weight excluding hydrogens is 448 g/mol. The third-order valence-corrected chi connectivity index (χ3v) is 7.71. The smallest absolute Gasteiger partial charge is 0.275 e. The summed E-state index contributed by atoms with van der Waals surface area (Å²) in [5.41, 5.74) is 1.48. The lowest BCUT2D eigenvalue weighted by molar-refractivity contribution is 0.114.